The van der Waals surface area contributed by atoms with Gasteiger partial charge in [-0.15, -0.1) is 0 Å². The van der Waals surface area contributed by atoms with Gasteiger partial charge in [-0.3, -0.25) is 15.1 Å². The largest absolute Gasteiger partial charge is 0.497 e. The summed E-state index contributed by atoms with van der Waals surface area (Å²) in [7, 11) is 1.64. The van der Waals surface area contributed by atoms with Gasteiger partial charge < -0.3 is 19.1 Å². The first-order valence-electron chi connectivity index (χ1n) is 10.8. The molecule has 172 valence electrons. The first-order valence-corrected chi connectivity index (χ1v) is 10.8. The number of pyridine rings is 1. The molecule has 1 aliphatic heterocycles. The van der Waals surface area contributed by atoms with Crippen LogP contribution in [0.15, 0.2) is 71.4 Å². The fraction of sp³-hybridized carbons (Fsp3) is 0.208. The molecule has 0 amide bonds. The van der Waals surface area contributed by atoms with Crippen LogP contribution in [0, 0.1) is 10.1 Å². The maximum atomic E-state index is 11.9. The van der Waals surface area contributed by atoms with E-state index in [9.17, 15) is 10.1 Å². The van der Waals surface area contributed by atoms with Gasteiger partial charge in [-0.05, 0) is 48.5 Å². The first-order chi connectivity index (χ1) is 16.6. The van der Waals surface area contributed by atoms with Gasteiger partial charge >= 0.3 is 0 Å². The molecule has 0 spiro atoms. The Balaban J connectivity index is 1.34. The van der Waals surface area contributed by atoms with E-state index in [2.05, 4.69) is 20.0 Å². The predicted molar refractivity (Wildman–Crippen MR) is 127 cm³/mol. The van der Waals surface area contributed by atoms with Crippen LogP contribution in [0.1, 0.15) is 0 Å². The van der Waals surface area contributed by atoms with Crippen molar-refractivity contribution in [1.29, 1.82) is 0 Å². The van der Waals surface area contributed by atoms with Crippen LogP contribution in [-0.4, -0.2) is 53.3 Å². The van der Waals surface area contributed by atoms with Gasteiger partial charge in [-0.1, -0.05) is 11.2 Å². The molecule has 3 heterocycles. The highest BCUT2D eigenvalue weighted by atomic mass is 16.6. The summed E-state index contributed by atoms with van der Waals surface area (Å²) in [4.78, 5) is 24.4. The third kappa shape index (κ3) is 4.25. The molecule has 0 N–H and O–H groups in total. The van der Waals surface area contributed by atoms with Crippen LogP contribution < -0.4 is 14.5 Å². The van der Waals surface area contributed by atoms with Crippen molar-refractivity contribution < 1.29 is 14.2 Å². The van der Waals surface area contributed by atoms with Gasteiger partial charge in [-0.2, -0.15) is 4.98 Å². The molecule has 10 heteroatoms. The number of nitro benzene ring substituents is 1. The SMILES string of the molecule is COc1ccc(N2CCN(c3ccc(-c4noc(-c5ccccn5)n4)cc3[N+](=O)[O-])CC2)cc1. The van der Waals surface area contributed by atoms with Gasteiger partial charge in [0, 0.05) is 49.7 Å². The van der Waals surface area contributed by atoms with Crippen LogP contribution in [0.4, 0.5) is 17.1 Å². The van der Waals surface area contributed by atoms with Crippen molar-refractivity contribution in [3.63, 3.8) is 0 Å². The number of ether oxygens (including phenoxy) is 1. The molecule has 34 heavy (non-hydrogen) atoms. The number of benzene rings is 2. The number of hydrogen-bond donors (Lipinski definition) is 0. The van der Waals surface area contributed by atoms with Crippen LogP contribution >= 0.6 is 0 Å². The number of nitro groups is 1. The fourth-order valence-corrected chi connectivity index (χ4v) is 4.01. The standard InChI is InChI=1S/C24H22N6O4/c1-33-19-8-6-18(7-9-19)28-12-14-29(15-13-28)21-10-5-17(16-22(21)30(31)32)23-26-24(34-27-23)20-4-2-3-11-25-20/h2-11,16H,12-15H2,1H3. The number of nitrogens with zero attached hydrogens (tertiary/aromatic N) is 6. The normalized spacial score (nSPS) is 13.7. The highest BCUT2D eigenvalue weighted by Crippen LogP contribution is 2.34. The molecule has 2 aromatic carbocycles. The van der Waals surface area contributed by atoms with Crippen molar-refractivity contribution in [3.8, 4) is 28.7 Å². The Bertz CT molecular complexity index is 1280. The molecule has 1 saturated heterocycles. The Labute approximate surface area is 195 Å². The second kappa shape index (κ2) is 9.18. The summed E-state index contributed by atoms with van der Waals surface area (Å²) in [5.41, 5.74) is 2.75. The van der Waals surface area contributed by atoms with E-state index in [0.29, 0.717) is 30.0 Å². The number of aromatic nitrogens is 3. The van der Waals surface area contributed by atoms with Crippen molar-refractivity contribution in [3.05, 3.63) is 77.0 Å². The lowest BCUT2D eigenvalue weighted by atomic mass is 10.1. The fourth-order valence-electron chi connectivity index (χ4n) is 4.01. The summed E-state index contributed by atoms with van der Waals surface area (Å²) in [6.45, 7) is 2.84. The molecule has 1 aliphatic rings. The van der Waals surface area contributed by atoms with Gasteiger partial charge in [0.1, 0.15) is 17.1 Å². The Morgan fingerprint density at radius 2 is 1.76 bits per heavy atom. The summed E-state index contributed by atoms with van der Waals surface area (Å²) in [5.74, 6) is 1.35. The second-order valence-electron chi connectivity index (χ2n) is 7.77. The minimum atomic E-state index is -0.367. The topological polar surface area (TPSA) is 111 Å². The zero-order chi connectivity index (χ0) is 23.5. The van der Waals surface area contributed by atoms with Crippen LogP contribution in [0.25, 0.3) is 23.0 Å². The zero-order valence-electron chi connectivity index (χ0n) is 18.5. The van der Waals surface area contributed by atoms with E-state index in [1.54, 1.807) is 37.6 Å². The predicted octanol–water partition coefficient (Wildman–Crippen LogP) is 4.04. The Hall–Kier alpha value is -4.47. The third-order valence-electron chi connectivity index (χ3n) is 5.80. The molecule has 2 aromatic heterocycles. The molecule has 0 bridgehead atoms. The number of methoxy groups -OCH3 is 1. The van der Waals surface area contributed by atoms with E-state index in [0.717, 1.165) is 24.5 Å². The molecular formula is C24H22N6O4. The van der Waals surface area contributed by atoms with Crippen molar-refractivity contribution in [2.75, 3.05) is 43.1 Å². The highest BCUT2D eigenvalue weighted by molar-refractivity contribution is 5.72. The minimum Gasteiger partial charge on any atom is -0.497 e. The van der Waals surface area contributed by atoms with Crippen LogP contribution in [-0.2, 0) is 0 Å². The van der Waals surface area contributed by atoms with Gasteiger partial charge in [0.15, 0.2) is 0 Å². The summed E-state index contributed by atoms with van der Waals surface area (Å²) >= 11 is 0. The number of hydrogen-bond acceptors (Lipinski definition) is 9. The molecular weight excluding hydrogens is 436 g/mol. The smallest absolute Gasteiger partial charge is 0.293 e. The molecule has 4 aromatic rings. The molecule has 0 aliphatic carbocycles. The summed E-state index contributed by atoms with van der Waals surface area (Å²) < 4.78 is 10.5. The van der Waals surface area contributed by atoms with Crippen LogP contribution in [0.5, 0.6) is 5.75 Å². The number of rotatable bonds is 6. The van der Waals surface area contributed by atoms with E-state index in [1.807, 2.05) is 35.2 Å². The quantitative estimate of drug-likeness (QED) is 0.312. The van der Waals surface area contributed by atoms with Crippen molar-refractivity contribution in [1.82, 2.24) is 15.1 Å². The van der Waals surface area contributed by atoms with Crippen LogP contribution in [0.3, 0.4) is 0 Å². The van der Waals surface area contributed by atoms with Gasteiger partial charge in [-0.25, -0.2) is 0 Å². The lowest BCUT2D eigenvalue weighted by Gasteiger charge is -2.37. The summed E-state index contributed by atoms with van der Waals surface area (Å²) in [6.07, 6.45) is 1.63. The van der Waals surface area contributed by atoms with Crippen molar-refractivity contribution >= 4 is 17.1 Å². The maximum absolute atomic E-state index is 11.9. The van der Waals surface area contributed by atoms with Crippen LogP contribution in [0.2, 0.25) is 0 Å². The third-order valence-corrected chi connectivity index (χ3v) is 5.80. The van der Waals surface area contributed by atoms with Gasteiger partial charge in [0.05, 0.1) is 12.0 Å². The van der Waals surface area contributed by atoms with Gasteiger partial charge in [0.25, 0.3) is 11.6 Å². The summed E-state index contributed by atoms with van der Waals surface area (Å²) in [6, 6.07) is 18.3. The molecule has 10 nitrogen and oxygen atoms in total. The average molecular weight is 458 g/mol. The second-order valence-corrected chi connectivity index (χ2v) is 7.77. The molecule has 0 radical (unpaired) electrons. The monoisotopic (exact) mass is 458 g/mol. The molecule has 0 unspecified atom stereocenters. The number of anilines is 2. The highest BCUT2D eigenvalue weighted by Gasteiger charge is 2.25. The first kappa shape index (κ1) is 21.4. The van der Waals surface area contributed by atoms with Crippen molar-refractivity contribution in [2.24, 2.45) is 0 Å². The molecule has 0 saturated carbocycles. The average Bonchev–Trinajstić information content (AvgIpc) is 3.39. The van der Waals surface area contributed by atoms with E-state index < -0.39 is 0 Å². The van der Waals surface area contributed by atoms with E-state index in [4.69, 9.17) is 9.26 Å². The van der Waals surface area contributed by atoms with Crippen molar-refractivity contribution in [2.45, 2.75) is 0 Å². The maximum Gasteiger partial charge on any atom is 0.293 e. The lowest BCUT2D eigenvalue weighted by Crippen LogP contribution is -2.46. The van der Waals surface area contributed by atoms with E-state index >= 15 is 0 Å². The van der Waals surface area contributed by atoms with E-state index in [1.165, 1.54) is 6.07 Å². The van der Waals surface area contributed by atoms with E-state index in [-0.39, 0.29) is 22.3 Å². The minimum absolute atomic E-state index is 0.0135. The summed E-state index contributed by atoms with van der Waals surface area (Å²) in [5, 5.41) is 15.9. The zero-order valence-corrected chi connectivity index (χ0v) is 18.5. The Morgan fingerprint density at radius 1 is 1.00 bits per heavy atom. The molecule has 0 atom stereocenters. The Morgan fingerprint density at radius 3 is 2.44 bits per heavy atom. The molecule has 5 rings (SSSR count). The van der Waals surface area contributed by atoms with Gasteiger partial charge in [0.2, 0.25) is 5.82 Å². The molecule has 1 fully saturated rings. The number of piperazine rings is 1. The Kier molecular flexibility index (Phi) is 5.77. The lowest BCUT2D eigenvalue weighted by molar-refractivity contribution is -0.384.